The number of piperazine rings is 1. The number of hydrogen-bond donors (Lipinski definition) is 1. The number of rotatable bonds is 4. The van der Waals surface area contributed by atoms with Crippen LogP contribution in [0.4, 0.5) is 10.1 Å². The predicted molar refractivity (Wildman–Crippen MR) is 90.2 cm³/mol. The Balaban J connectivity index is 1.46. The maximum Gasteiger partial charge on any atom is 0.232 e. The first-order chi connectivity index (χ1) is 11.6. The number of benzene rings is 1. The number of anilines is 1. The van der Waals surface area contributed by atoms with E-state index in [0.717, 1.165) is 25.7 Å². The molecule has 6 heteroatoms. The van der Waals surface area contributed by atoms with Gasteiger partial charge in [0.2, 0.25) is 11.8 Å². The molecule has 0 radical (unpaired) electrons. The van der Waals surface area contributed by atoms with E-state index >= 15 is 0 Å². The van der Waals surface area contributed by atoms with Crippen molar-refractivity contribution in [3.63, 3.8) is 0 Å². The van der Waals surface area contributed by atoms with E-state index in [1.54, 1.807) is 17.0 Å². The van der Waals surface area contributed by atoms with Gasteiger partial charge in [-0.25, -0.2) is 4.39 Å². The second-order valence-electron chi connectivity index (χ2n) is 6.54. The lowest BCUT2D eigenvalue weighted by Crippen LogP contribution is -2.50. The third-order valence-corrected chi connectivity index (χ3v) is 4.86. The number of halogens is 1. The third-order valence-electron chi connectivity index (χ3n) is 4.86. The Labute approximate surface area is 141 Å². The molecule has 5 nitrogen and oxygen atoms in total. The average molecular weight is 333 g/mol. The summed E-state index contributed by atoms with van der Waals surface area (Å²) in [7, 11) is 0. The molecule has 1 aromatic carbocycles. The molecule has 0 spiro atoms. The summed E-state index contributed by atoms with van der Waals surface area (Å²) in [5.41, 5.74) is 0.573. The Morgan fingerprint density at radius 2 is 1.75 bits per heavy atom. The molecule has 1 saturated heterocycles. The number of nitrogens with one attached hydrogen (secondary N) is 1. The van der Waals surface area contributed by atoms with Crippen molar-refractivity contribution in [3.8, 4) is 0 Å². The van der Waals surface area contributed by atoms with Crippen LogP contribution in [0.15, 0.2) is 24.3 Å². The van der Waals surface area contributed by atoms with Gasteiger partial charge < -0.3 is 15.1 Å². The Morgan fingerprint density at radius 3 is 2.42 bits per heavy atom. The topological polar surface area (TPSA) is 52.7 Å². The van der Waals surface area contributed by atoms with E-state index in [2.05, 4.69) is 5.32 Å². The molecule has 2 fully saturated rings. The molecule has 1 aromatic rings. The minimum Gasteiger partial charge on any atom is -0.366 e. The highest BCUT2D eigenvalue weighted by atomic mass is 19.1. The molecule has 0 atom stereocenters. The van der Waals surface area contributed by atoms with Gasteiger partial charge in [-0.3, -0.25) is 9.59 Å². The summed E-state index contributed by atoms with van der Waals surface area (Å²) >= 11 is 0. The van der Waals surface area contributed by atoms with Gasteiger partial charge in [0.05, 0.1) is 5.69 Å². The van der Waals surface area contributed by atoms with E-state index < -0.39 is 0 Å². The van der Waals surface area contributed by atoms with Gasteiger partial charge in [0, 0.05) is 32.2 Å². The zero-order chi connectivity index (χ0) is 16.9. The van der Waals surface area contributed by atoms with Crippen LogP contribution in [0, 0.1) is 5.82 Å². The molecular weight excluding hydrogens is 309 g/mol. The molecular formula is C18H24FN3O2. The minimum atomic E-state index is -0.242. The standard InChI is InChI=1S/C18H24FN3O2/c19-15-7-3-4-8-16(15)21-9-11-22(12-10-21)18(24)13-17(23)20-14-5-1-2-6-14/h3-4,7-8,14H,1-2,5-6,9-13H2,(H,20,23). The van der Waals surface area contributed by atoms with Crippen LogP contribution in [0.3, 0.4) is 0 Å². The van der Waals surface area contributed by atoms with Crippen LogP contribution in [-0.4, -0.2) is 48.9 Å². The van der Waals surface area contributed by atoms with E-state index in [1.165, 1.54) is 6.07 Å². The van der Waals surface area contributed by atoms with E-state index in [9.17, 15) is 14.0 Å². The molecule has 3 rings (SSSR count). The first kappa shape index (κ1) is 16.7. The fourth-order valence-electron chi connectivity index (χ4n) is 3.50. The van der Waals surface area contributed by atoms with Gasteiger partial charge in [-0.05, 0) is 25.0 Å². The molecule has 1 aliphatic heterocycles. The van der Waals surface area contributed by atoms with Crippen molar-refractivity contribution >= 4 is 17.5 Å². The van der Waals surface area contributed by atoms with Crippen LogP contribution < -0.4 is 10.2 Å². The zero-order valence-electron chi connectivity index (χ0n) is 13.8. The van der Waals surface area contributed by atoms with Crippen LogP contribution in [0.2, 0.25) is 0 Å². The summed E-state index contributed by atoms with van der Waals surface area (Å²) in [6.45, 7) is 2.20. The average Bonchev–Trinajstić information content (AvgIpc) is 3.08. The lowest BCUT2D eigenvalue weighted by molar-refractivity contribution is -0.136. The van der Waals surface area contributed by atoms with Crippen LogP contribution >= 0.6 is 0 Å². The van der Waals surface area contributed by atoms with Crippen molar-refractivity contribution < 1.29 is 14.0 Å². The zero-order valence-corrected chi connectivity index (χ0v) is 13.8. The number of carbonyl (C=O) groups excluding carboxylic acids is 2. The van der Waals surface area contributed by atoms with E-state index in [0.29, 0.717) is 31.9 Å². The Kier molecular flexibility index (Phi) is 5.33. The Bertz CT molecular complexity index is 594. The van der Waals surface area contributed by atoms with Crippen molar-refractivity contribution in [2.45, 2.75) is 38.1 Å². The molecule has 2 aliphatic rings. The summed E-state index contributed by atoms with van der Waals surface area (Å²) in [6.07, 6.45) is 4.24. The summed E-state index contributed by atoms with van der Waals surface area (Å²) in [5.74, 6) is -0.560. The maximum atomic E-state index is 13.8. The quantitative estimate of drug-likeness (QED) is 0.857. The highest BCUT2D eigenvalue weighted by Crippen LogP contribution is 2.20. The SMILES string of the molecule is O=C(CC(=O)N1CCN(c2ccccc2F)CC1)NC1CCCC1. The molecule has 1 aliphatic carbocycles. The summed E-state index contributed by atoms with van der Waals surface area (Å²) in [6, 6.07) is 6.91. The summed E-state index contributed by atoms with van der Waals surface area (Å²) in [5, 5.41) is 2.94. The monoisotopic (exact) mass is 333 g/mol. The molecule has 1 saturated carbocycles. The molecule has 130 valence electrons. The molecule has 0 unspecified atom stereocenters. The first-order valence-electron chi connectivity index (χ1n) is 8.70. The van der Waals surface area contributed by atoms with E-state index in [-0.39, 0.29) is 30.1 Å². The number of hydrogen-bond acceptors (Lipinski definition) is 3. The fourth-order valence-corrected chi connectivity index (χ4v) is 3.50. The number of amides is 2. The number of nitrogens with zero attached hydrogens (tertiary/aromatic N) is 2. The summed E-state index contributed by atoms with van der Waals surface area (Å²) < 4.78 is 13.8. The first-order valence-corrected chi connectivity index (χ1v) is 8.70. The second-order valence-corrected chi connectivity index (χ2v) is 6.54. The van der Waals surface area contributed by atoms with Crippen LogP contribution in [0.25, 0.3) is 0 Å². The smallest absolute Gasteiger partial charge is 0.232 e. The molecule has 24 heavy (non-hydrogen) atoms. The lowest BCUT2D eigenvalue weighted by atomic mass is 10.2. The lowest BCUT2D eigenvalue weighted by Gasteiger charge is -2.36. The molecule has 2 amide bonds. The van der Waals surface area contributed by atoms with Gasteiger partial charge in [-0.1, -0.05) is 25.0 Å². The fraction of sp³-hybridized carbons (Fsp3) is 0.556. The van der Waals surface area contributed by atoms with Gasteiger partial charge in [0.15, 0.2) is 0 Å². The van der Waals surface area contributed by atoms with Crippen molar-refractivity contribution in [3.05, 3.63) is 30.1 Å². The van der Waals surface area contributed by atoms with Crippen LogP contribution in [0.5, 0.6) is 0 Å². The molecule has 1 heterocycles. The van der Waals surface area contributed by atoms with Crippen LogP contribution in [-0.2, 0) is 9.59 Å². The van der Waals surface area contributed by atoms with Crippen molar-refractivity contribution in [1.29, 1.82) is 0 Å². The molecule has 1 N–H and O–H groups in total. The highest BCUT2D eigenvalue weighted by molar-refractivity contribution is 5.97. The largest absolute Gasteiger partial charge is 0.366 e. The van der Waals surface area contributed by atoms with Gasteiger partial charge in [-0.2, -0.15) is 0 Å². The summed E-state index contributed by atoms with van der Waals surface area (Å²) in [4.78, 5) is 27.9. The maximum absolute atomic E-state index is 13.8. The second kappa shape index (κ2) is 7.64. The van der Waals surface area contributed by atoms with Gasteiger partial charge in [-0.15, -0.1) is 0 Å². The molecule has 0 bridgehead atoms. The Morgan fingerprint density at radius 1 is 1.08 bits per heavy atom. The number of carbonyl (C=O) groups is 2. The highest BCUT2D eigenvalue weighted by Gasteiger charge is 2.25. The third kappa shape index (κ3) is 4.04. The van der Waals surface area contributed by atoms with E-state index in [1.807, 2.05) is 11.0 Å². The Hall–Kier alpha value is -2.11. The predicted octanol–water partition coefficient (Wildman–Crippen LogP) is 1.92. The molecule has 0 aromatic heterocycles. The van der Waals surface area contributed by atoms with E-state index in [4.69, 9.17) is 0 Å². The van der Waals surface area contributed by atoms with Gasteiger partial charge in [0.1, 0.15) is 12.2 Å². The minimum absolute atomic E-state index is 0.0871. The van der Waals surface area contributed by atoms with Crippen molar-refractivity contribution in [2.75, 3.05) is 31.1 Å². The normalized spacial score (nSPS) is 18.7. The van der Waals surface area contributed by atoms with Crippen LogP contribution in [0.1, 0.15) is 32.1 Å². The van der Waals surface area contributed by atoms with Gasteiger partial charge >= 0.3 is 0 Å². The van der Waals surface area contributed by atoms with Crippen molar-refractivity contribution in [2.24, 2.45) is 0 Å². The van der Waals surface area contributed by atoms with Gasteiger partial charge in [0.25, 0.3) is 0 Å². The number of para-hydroxylation sites is 1. The van der Waals surface area contributed by atoms with Crippen molar-refractivity contribution in [1.82, 2.24) is 10.2 Å².